The Kier molecular flexibility index (Phi) is 4.86. The van der Waals surface area contributed by atoms with Gasteiger partial charge < -0.3 is 4.42 Å². The highest BCUT2D eigenvalue weighted by atomic mass is 32.2. The first-order valence-electron chi connectivity index (χ1n) is 7.07. The Bertz CT molecular complexity index is 853. The number of nitro benzene ring substituents is 1. The van der Waals surface area contributed by atoms with Gasteiger partial charge in [-0.1, -0.05) is 18.7 Å². The van der Waals surface area contributed by atoms with Crippen molar-refractivity contribution >= 4 is 44.8 Å². The minimum absolute atomic E-state index is 0.0246. The minimum Gasteiger partial charge on any atom is -0.457 e. The van der Waals surface area contributed by atoms with Crippen LogP contribution in [0.1, 0.15) is 12.7 Å². The number of aliphatic imine (C=N–C) groups is 1. The summed E-state index contributed by atoms with van der Waals surface area (Å²) < 4.78 is 6.44. The topological polar surface area (TPSA) is 85.7 Å². The van der Waals surface area contributed by atoms with Crippen LogP contribution in [0, 0.1) is 10.1 Å². The van der Waals surface area contributed by atoms with Gasteiger partial charge in [-0.3, -0.25) is 14.9 Å². The molecule has 122 valence electrons. The third-order valence-electron chi connectivity index (χ3n) is 3.14. The Balaban J connectivity index is 1.82. The van der Waals surface area contributed by atoms with Crippen molar-refractivity contribution in [1.82, 2.24) is 0 Å². The van der Waals surface area contributed by atoms with Gasteiger partial charge in [-0.15, -0.1) is 0 Å². The number of nitrogens with zero attached hydrogens (tertiary/aromatic N) is 2. The standard InChI is InChI=1S/C16H12N2O4S2/c1-2-23-16-17-13(15(19)24-16)9-12-7-8-14(22-12)10-3-5-11(6-4-10)18(20)21/h3-9H,2H2,1H3. The maximum atomic E-state index is 11.9. The first-order valence-corrected chi connectivity index (χ1v) is 8.87. The van der Waals surface area contributed by atoms with Crippen LogP contribution < -0.4 is 0 Å². The molecule has 0 amide bonds. The summed E-state index contributed by atoms with van der Waals surface area (Å²) in [4.78, 5) is 26.4. The fourth-order valence-electron chi connectivity index (χ4n) is 2.04. The quantitative estimate of drug-likeness (QED) is 0.451. The first kappa shape index (κ1) is 16.5. The van der Waals surface area contributed by atoms with Crippen LogP contribution in [-0.4, -0.2) is 20.2 Å². The molecule has 0 saturated heterocycles. The lowest BCUT2D eigenvalue weighted by atomic mass is 10.1. The van der Waals surface area contributed by atoms with Crippen molar-refractivity contribution in [2.75, 3.05) is 5.75 Å². The fourth-order valence-corrected chi connectivity index (χ4v) is 3.78. The van der Waals surface area contributed by atoms with Gasteiger partial charge in [-0.2, -0.15) is 0 Å². The zero-order valence-corrected chi connectivity index (χ0v) is 14.2. The predicted octanol–water partition coefficient (Wildman–Crippen LogP) is 4.58. The molecule has 2 heterocycles. The second-order valence-corrected chi connectivity index (χ2v) is 7.21. The molecule has 0 atom stereocenters. The van der Waals surface area contributed by atoms with Gasteiger partial charge in [0.1, 0.15) is 21.6 Å². The second kappa shape index (κ2) is 7.06. The number of hydrogen-bond acceptors (Lipinski definition) is 7. The molecule has 0 radical (unpaired) electrons. The van der Waals surface area contributed by atoms with E-state index >= 15 is 0 Å². The summed E-state index contributed by atoms with van der Waals surface area (Å²) in [7, 11) is 0. The third kappa shape index (κ3) is 3.60. The van der Waals surface area contributed by atoms with E-state index in [2.05, 4.69) is 4.99 Å². The first-order chi connectivity index (χ1) is 11.6. The van der Waals surface area contributed by atoms with Crippen molar-refractivity contribution < 1.29 is 14.1 Å². The number of carbonyl (C=O) groups is 1. The molecule has 1 aliphatic heterocycles. The van der Waals surface area contributed by atoms with Crippen LogP contribution >= 0.6 is 23.5 Å². The van der Waals surface area contributed by atoms with Gasteiger partial charge >= 0.3 is 0 Å². The van der Waals surface area contributed by atoms with Crippen LogP contribution in [-0.2, 0) is 4.79 Å². The van der Waals surface area contributed by atoms with E-state index in [0.29, 0.717) is 17.2 Å². The Morgan fingerprint density at radius 1 is 1.29 bits per heavy atom. The van der Waals surface area contributed by atoms with Gasteiger partial charge in [-0.05, 0) is 41.8 Å². The van der Waals surface area contributed by atoms with Crippen molar-refractivity contribution in [3.8, 4) is 11.3 Å². The zero-order chi connectivity index (χ0) is 17.1. The SMILES string of the molecule is CCSC1=NC(=Cc2ccc(-c3ccc([N+](=O)[O-])cc3)o2)C(=O)S1. The second-order valence-electron chi connectivity index (χ2n) is 4.74. The summed E-state index contributed by atoms with van der Waals surface area (Å²) in [6, 6.07) is 9.59. The maximum Gasteiger partial charge on any atom is 0.269 e. The summed E-state index contributed by atoms with van der Waals surface area (Å²) in [6.07, 6.45) is 1.60. The van der Waals surface area contributed by atoms with E-state index < -0.39 is 4.92 Å². The van der Waals surface area contributed by atoms with Crippen molar-refractivity contribution in [3.05, 3.63) is 58.0 Å². The fraction of sp³-hybridized carbons (Fsp3) is 0.125. The van der Waals surface area contributed by atoms with E-state index in [0.717, 1.165) is 27.5 Å². The van der Waals surface area contributed by atoms with E-state index in [1.54, 1.807) is 30.3 Å². The molecule has 6 nitrogen and oxygen atoms in total. The lowest BCUT2D eigenvalue weighted by molar-refractivity contribution is -0.384. The van der Waals surface area contributed by atoms with E-state index in [-0.39, 0.29) is 10.8 Å². The van der Waals surface area contributed by atoms with E-state index in [1.807, 2.05) is 6.92 Å². The van der Waals surface area contributed by atoms with Gasteiger partial charge in [0.15, 0.2) is 0 Å². The molecule has 0 fully saturated rings. The smallest absolute Gasteiger partial charge is 0.269 e. The lowest BCUT2D eigenvalue weighted by Gasteiger charge is -1.96. The number of thioether (sulfide) groups is 2. The van der Waals surface area contributed by atoms with Crippen molar-refractivity contribution in [2.45, 2.75) is 6.92 Å². The summed E-state index contributed by atoms with van der Waals surface area (Å²) in [5.74, 6) is 1.94. The molecule has 1 aromatic carbocycles. The highest BCUT2D eigenvalue weighted by Crippen LogP contribution is 2.32. The zero-order valence-electron chi connectivity index (χ0n) is 12.6. The number of hydrogen-bond donors (Lipinski definition) is 0. The molecule has 0 bridgehead atoms. The van der Waals surface area contributed by atoms with E-state index in [9.17, 15) is 14.9 Å². The van der Waals surface area contributed by atoms with Crippen molar-refractivity contribution in [3.63, 3.8) is 0 Å². The van der Waals surface area contributed by atoms with Gasteiger partial charge in [-0.25, -0.2) is 4.99 Å². The lowest BCUT2D eigenvalue weighted by Crippen LogP contribution is -1.87. The van der Waals surface area contributed by atoms with Gasteiger partial charge in [0.25, 0.3) is 5.69 Å². The number of non-ortho nitro benzene ring substituents is 1. The Hall–Kier alpha value is -2.32. The van der Waals surface area contributed by atoms with Crippen LogP contribution in [0.2, 0.25) is 0 Å². The van der Waals surface area contributed by atoms with Crippen molar-refractivity contribution in [1.29, 1.82) is 0 Å². The molecule has 2 aromatic rings. The Labute approximate surface area is 146 Å². The molecule has 0 spiro atoms. The molecule has 0 saturated carbocycles. The molecule has 0 N–H and O–H groups in total. The van der Waals surface area contributed by atoms with Gasteiger partial charge in [0, 0.05) is 23.8 Å². The monoisotopic (exact) mass is 360 g/mol. The predicted molar refractivity (Wildman–Crippen MR) is 96.9 cm³/mol. The number of carbonyl (C=O) groups excluding carboxylic acids is 1. The summed E-state index contributed by atoms with van der Waals surface area (Å²) in [6.45, 7) is 2.00. The van der Waals surface area contributed by atoms with Crippen LogP contribution in [0.25, 0.3) is 17.4 Å². The molecule has 8 heteroatoms. The molecule has 1 aromatic heterocycles. The normalized spacial score (nSPS) is 15.8. The molecular formula is C16H12N2O4S2. The largest absolute Gasteiger partial charge is 0.457 e. The Morgan fingerprint density at radius 3 is 2.71 bits per heavy atom. The van der Waals surface area contributed by atoms with Gasteiger partial charge in [0.2, 0.25) is 5.12 Å². The highest BCUT2D eigenvalue weighted by Gasteiger charge is 2.22. The maximum absolute atomic E-state index is 11.9. The van der Waals surface area contributed by atoms with E-state index in [1.165, 1.54) is 23.9 Å². The molecule has 3 rings (SSSR count). The minimum atomic E-state index is -0.449. The molecule has 0 aliphatic carbocycles. The van der Waals surface area contributed by atoms with Crippen molar-refractivity contribution in [2.24, 2.45) is 4.99 Å². The number of furan rings is 1. The van der Waals surface area contributed by atoms with E-state index in [4.69, 9.17) is 4.42 Å². The number of benzene rings is 1. The number of rotatable bonds is 4. The van der Waals surface area contributed by atoms with Crippen LogP contribution in [0.4, 0.5) is 5.69 Å². The molecule has 1 aliphatic rings. The van der Waals surface area contributed by atoms with Gasteiger partial charge in [0.05, 0.1) is 4.92 Å². The third-order valence-corrected chi connectivity index (χ3v) is 5.03. The molecule has 0 unspecified atom stereocenters. The summed E-state index contributed by atoms with van der Waals surface area (Å²) >= 11 is 2.65. The Morgan fingerprint density at radius 2 is 2.04 bits per heavy atom. The average molecular weight is 360 g/mol. The molecule has 24 heavy (non-hydrogen) atoms. The van der Waals surface area contributed by atoms with Crippen LogP contribution in [0.3, 0.4) is 0 Å². The summed E-state index contributed by atoms with van der Waals surface area (Å²) in [5.41, 5.74) is 1.11. The van der Waals surface area contributed by atoms with Crippen LogP contribution in [0.5, 0.6) is 0 Å². The average Bonchev–Trinajstić information content (AvgIpc) is 3.16. The molecular weight excluding hydrogens is 348 g/mol. The number of nitro groups is 1. The van der Waals surface area contributed by atoms with Crippen LogP contribution in [0.15, 0.2) is 51.5 Å². The highest BCUT2D eigenvalue weighted by molar-refractivity contribution is 8.45. The summed E-state index contributed by atoms with van der Waals surface area (Å²) in [5, 5.41) is 10.6.